The van der Waals surface area contributed by atoms with E-state index in [1.807, 2.05) is 0 Å². The molecule has 0 saturated carbocycles. The summed E-state index contributed by atoms with van der Waals surface area (Å²) in [5.41, 5.74) is 5.24. The van der Waals surface area contributed by atoms with Gasteiger partial charge < -0.3 is 15.8 Å². The van der Waals surface area contributed by atoms with E-state index in [1.165, 1.54) is 0 Å². The first-order valence-electron chi connectivity index (χ1n) is 5.71. The Morgan fingerprint density at radius 3 is 2.75 bits per heavy atom. The van der Waals surface area contributed by atoms with Gasteiger partial charge in [-0.2, -0.15) is 5.26 Å². The average Bonchev–Trinajstić information content (AvgIpc) is 2.29. The number of rotatable bonds is 5. The Morgan fingerprint density at radius 2 is 2.12 bits per heavy atom. The van der Waals surface area contributed by atoms with E-state index in [-0.39, 0.29) is 5.91 Å². The van der Waals surface area contributed by atoms with Gasteiger partial charge >= 0.3 is 0 Å². The van der Waals surface area contributed by atoms with Crippen molar-refractivity contribution in [1.29, 1.82) is 5.26 Å². The Labute approximate surface area is 95.9 Å². The highest BCUT2D eigenvalue weighted by atomic mass is 16.5. The van der Waals surface area contributed by atoms with Crippen LogP contribution in [0.3, 0.4) is 0 Å². The third-order valence-electron chi connectivity index (χ3n) is 2.84. The van der Waals surface area contributed by atoms with Gasteiger partial charge in [-0.15, -0.1) is 0 Å². The molecule has 1 rings (SSSR count). The highest BCUT2D eigenvalue weighted by Crippen LogP contribution is 2.17. The zero-order chi connectivity index (χ0) is 11.9. The predicted octanol–water partition coefficient (Wildman–Crippen LogP) is 0.304. The summed E-state index contributed by atoms with van der Waals surface area (Å²) in [5, 5.41) is 11.2. The van der Waals surface area contributed by atoms with Gasteiger partial charge in [0, 0.05) is 26.2 Å². The number of carbonyl (C=O) groups excluding carboxylic acids is 1. The minimum atomic E-state index is -0.756. The molecule has 0 unspecified atom stereocenters. The van der Waals surface area contributed by atoms with Crippen LogP contribution in [-0.2, 0) is 9.53 Å². The molecule has 0 aromatic heterocycles. The Morgan fingerprint density at radius 1 is 1.44 bits per heavy atom. The molecule has 0 radical (unpaired) electrons. The zero-order valence-corrected chi connectivity index (χ0v) is 9.50. The second-order valence-electron chi connectivity index (χ2n) is 4.14. The molecule has 0 aromatic rings. The molecule has 1 fully saturated rings. The number of nitrogens with zero attached hydrogens (tertiary/aromatic N) is 1. The summed E-state index contributed by atoms with van der Waals surface area (Å²) in [6, 6.07) is 2.07. The van der Waals surface area contributed by atoms with Gasteiger partial charge in [-0.1, -0.05) is 0 Å². The number of amides is 1. The summed E-state index contributed by atoms with van der Waals surface area (Å²) < 4.78 is 5.18. The van der Waals surface area contributed by atoms with Crippen LogP contribution in [0.4, 0.5) is 0 Å². The van der Waals surface area contributed by atoms with Gasteiger partial charge in [0.05, 0.1) is 11.6 Å². The fourth-order valence-corrected chi connectivity index (χ4v) is 1.67. The molecule has 0 aliphatic carbocycles. The van der Waals surface area contributed by atoms with Crippen molar-refractivity contribution in [2.45, 2.75) is 37.6 Å². The average molecular weight is 225 g/mol. The lowest BCUT2D eigenvalue weighted by Gasteiger charge is -2.31. The van der Waals surface area contributed by atoms with Crippen LogP contribution >= 0.6 is 0 Å². The third kappa shape index (κ3) is 3.80. The van der Waals surface area contributed by atoms with Gasteiger partial charge in [0.1, 0.15) is 0 Å². The minimum Gasteiger partial charge on any atom is -0.381 e. The van der Waals surface area contributed by atoms with E-state index < -0.39 is 5.54 Å². The van der Waals surface area contributed by atoms with Crippen molar-refractivity contribution in [2.24, 2.45) is 5.73 Å². The maximum Gasteiger partial charge on any atom is 0.240 e. The summed E-state index contributed by atoms with van der Waals surface area (Å²) >= 11 is 0. The summed E-state index contributed by atoms with van der Waals surface area (Å²) in [7, 11) is 0. The van der Waals surface area contributed by atoms with E-state index in [2.05, 4.69) is 11.4 Å². The lowest BCUT2D eigenvalue weighted by molar-refractivity contribution is -0.129. The van der Waals surface area contributed by atoms with Gasteiger partial charge in [-0.05, 0) is 25.7 Å². The number of hydrogen-bond acceptors (Lipinski definition) is 4. The molecule has 5 nitrogen and oxygen atoms in total. The second kappa shape index (κ2) is 6.46. The number of nitrogens with one attached hydrogen (secondary N) is 1. The molecule has 0 bridgehead atoms. The lowest BCUT2D eigenvalue weighted by Crippen LogP contribution is -2.57. The van der Waals surface area contributed by atoms with E-state index in [0.29, 0.717) is 39.0 Å². The van der Waals surface area contributed by atoms with Crippen LogP contribution in [0.1, 0.15) is 32.1 Å². The first kappa shape index (κ1) is 12.9. The number of hydrogen-bond donors (Lipinski definition) is 2. The summed E-state index contributed by atoms with van der Waals surface area (Å²) in [6.45, 7) is 1.71. The molecule has 0 aromatic carbocycles. The molecule has 0 atom stereocenters. The maximum absolute atomic E-state index is 11.8. The quantitative estimate of drug-likeness (QED) is 0.659. The Hall–Kier alpha value is -1.12. The Bertz CT molecular complexity index is 267. The van der Waals surface area contributed by atoms with E-state index in [0.717, 1.165) is 12.8 Å². The monoisotopic (exact) mass is 225 g/mol. The van der Waals surface area contributed by atoms with Crippen molar-refractivity contribution in [3.63, 3.8) is 0 Å². The van der Waals surface area contributed by atoms with Gasteiger partial charge in [0.25, 0.3) is 0 Å². The van der Waals surface area contributed by atoms with Crippen molar-refractivity contribution in [1.82, 2.24) is 5.32 Å². The van der Waals surface area contributed by atoms with Crippen LogP contribution in [0.2, 0.25) is 0 Å². The molecule has 1 heterocycles. The van der Waals surface area contributed by atoms with Gasteiger partial charge in [0.15, 0.2) is 0 Å². The number of ether oxygens (including phenoxy) is 1. The first-order chi connectivity index (χ1) is 7.69. The molecule has 3 N–H and O–H groups in total. The van der Waals surface area contributed by atoms with Crippen molar-refractivity contribution in [3.05, 3.63) is 0 Å². The lowest BCUT2D eigenvalue weighted by atomic mass is 9.90. The van der Waals surface area contributed by atoms with E-state index in [1.54, 1.807) is 0 Å². The van der Waals surface area contributed by atoms with Gasteiger partial charge in [-0.3, -0.25) is 4.79 Å². The molecule has 1 aliphatic rings. The fraction of sp³-hybridized carbons (Fsp3) is 0.818. The SMILES string of the molecule is N#CCCCCNC(=O)C1(N)CCOCC1. The topological polar surface area (TPSA) is 88.1 Å². The van der Waals surface area contributed by atoms with Crippen molar-refractivity contribution >= 4 is 5.91 Å². The van der Waals surface area contributed by atoms with Gasteiger partial charge in [-0.25, -0.2) is 0 Å². The molecule has 1 amide bonds. The molecule has 1 saturated heterocycles. The van der Waals surface area contributed by atoms with E-state index >= 15 is 0 Å². The van der Waals surface area contributed by atoms with Crippen LogP contribution in [0.25, 0.3) is 0 Å². The Kier molecular flexibility index (Phi) is 5.23. The van der Waals surface area contributed by atoms with Crippen molar-refractivity contribution in [3.8, 4) is 6.07 Å². The second-order valence-corrected chi connectivity index (χ2v) is 4.14. The van der Waals surface area contributed by atoms with Gasteiger partial charge in [0.2, 0.25) is 5.91 Å². The molecular formula is C11H19N3O2. The molecular weight excluding hydrogens is 206 g/mol. The number of nitriles is 1. The van der Waals surface area contributed by atoms with Crippen LogP contribution in [0, 0.1) is 11.3 Å². The molecule has 5 heteroatoms. The number of unbranched alkanes of at least 4 members (excludes halogenated alkanes) is 2. The Balaban J connectivity index is 2.21. The van der Waals surface area contributed by atoms with Crippen molar-refractivity contribution in [2.75, 3.05) is 19.8 Å². The minimum absolute atomic E-state index is 0.0900. The number of carbonyl (C=O) groups is 1. The number of nitrogens with two attached hydrogens (primary N) is 1. The standard InChI is InChI=1S/C11H19N3O2/c12-6-2-1-3-7-14-10(15)11(13)4-8-16-9-5-11/h1-5,7-9,13H2,(H,14,15). The molecule has 1 aliphatic heterocycles. The molecule has 16 heavy (non-hydrogen) atoms. The fourth-order valence-electron chi connectivity index (χ4n) is 1.67. The van der Waals surface area contributed by atoms with E-state index in [4.69, 9.17) is 15.7 Å². The summed E-state index contributed by atoms with van der Waals surface area (Å²) in [6.07, 6.45) is 3.34. The predicted molar refractivity (Wildman–Crippen MR) is 59.4 cm³/mol. The van der Waals surface area contributed by atoms with Crippen molar-refractivity contribution < 1.29 is 9.53 Å². The van der Waals surface area contributed by atoms with Crippen LogP contribution in [0.5, 0.6) is 0 Å². The first-order valence-corrected chi connectivity index (χ1v) is 5.71. The normalized spacial score (nSPS) is 18.8. The van der Waals surface area contributed by atoms with E-state index in [9.17, 15) is 4.79 Å². The highest BCUT2D eigenvalue weighted by molar-refractivity contribution is 5.86. The molecule has 0 spiro atoms. The smallest absolute Gasteiger partial charge is 0.240 e. The highest BCUT2D eigenvalue weighted by Gasteiger charge is 2.35. The van der Waals surface area contributed by atoms with Crippen LogP contribution < -0.4 is 11.1 Å². The van der Waals surface area contributed by atoms with Crippen LogP contribution in [-0.4, -0.2) is 31.2 Å². The zero-order valence-electron chi connectivity index (χ0n) is 9.50. The maximum atomic E-state index is 11.8. The summed E-state index contributed by atoms with van der Waals surface area (Å²) in [5.74, 6) is -0.0900. The largest absolute Gasteiger partial charge is 0.381 e. The molecule has 90 valence electrons. The van der Waals surface area contributed by atoms with Crippen LogP contribution in [0.15, 0.2) is 0 Å². The third-order valence-corrected chi connectivity index (χ3v) is 2.84. The summed E-state index contributed by atoms with van der Waals surface area (Å²) in [4.78, 5) is 11.8.